The van der Waals surface area contributed by atoms with Crippen LogP contribution < -0.4 is 9.47 Å². The van der Waals surface area contributed by atoms with Crippen LogP contribution in [0.3, 0.4) is 0 Å². The molecule has 0 radical (unpaired) electrons. The highest BCUT2D eigenvalue weighted by molar-refractivity contribution is 9.10. The van der Waals surface area contributed by atoms with Crippen molar-refractivity contribution < 1.29 is 13.9 Å². The van der Waals surface area contributed by atoms with Crippen LogP contribution in [0.5, 0.6) is 17.2 Å². The lowest BCUT2D eigenvalue weighted by Crippen LogP contribution is -2.03. The normalized spacial score (nSPS) is 12.5. The fraction of sp³-hybridized carbons (Fsp3) is 0.0667. The monoisotopic (exact) mass is 320 g/mol. The van der Waals surface area contributed by atoms with Gasteiger partial charge in [-0.15, -0.1) is 0 Å². The highest BCUT2D eigenvalue weighted by atomic mass is 79.9. The molecule has 0 spiro atoms. The summed E-state index contributed by atoms with van der Waals surface area (Å²) in [5.74, 6) is 0.990. The van der Waals surface area contributed by atoms with Gasteiger partial charge >= 0.3 is 0 Å². The number of ether oxygens (including phenoxy) is 2. The zero-order valence-corrected chi connectivity index (χ0v) is 11.8. The Morgan fingerprint density at radius 1 is 1.16 bits per heavy atom. The van der Waals surface area contributed by atoms with Gasteiger partial charge < -0.3 is 9.47 Å². The molecule has 0 aromatic heterocycles. The van der Waals surface area contributed by atoms with Crippen molar-refractivity contribution in [2.75, 3.05) is 7.11 Å². The van der Waals surface area contributed by atoms with E-state index in [0.717, 1.165) is 15.6 Å². The molecular weight excluding hydrogens is 311 g/mol. The molecule has 0 aliphatic carbocycles. The molecule has 96 valence electrons. The van der Waals surface area contributed by atoms with Crippen LogP contribution in [0.4, 0.5) is 4.39 Å². The molecular formula is C15H10BrFO2. The highest BCUT2D eigenvalue weighted by Crippen LogP contribution is 2.45. The van der Waals surface area contributed by atoms with Crippen molar-refractivity contribution in [2.24, 2.45) is 0 Å². The van der Waals surface area contributed by atoms with Gasteiger partial charge in [0.25, 0.3) is 0 Å². The minimum absolute atomic E-state index is 0.159. The molecule has 19 heavy (non-hydrogen) atoms. The molecule has 1 heterocycles. The summed E-state index contributed by atoms with van der Waals surface area (Å²) in [7, 11) is 1.42. The molecule has 0 atom stereocenters. The number of fused-ring (bicyclic) bond motifs is 2. The Bertz CT molecular complexity index is 695. The van der Waals surface area contributed by atoms with E-state index in [-0.39, 0.29) is 5.75 Å². The Balaban J connectivity index is 2.18. The van der Waals surface area contributed by atoms with Crippen LogP contribution in [0.25, 0.3) is 5.57 Å². The molecule has 0 unspecified atom stereocenters. The standard InChI is InChI=1S/C15H10BrFO2/c1-8-10-5-9(16)3-4-13(10)19-14-7-15(18-2)12(17)6-11(8)14/h3-7H,1H2,2H3. The number of benzene rings is 2. The van der Waals surface area contributed by atoms with Gasteiger partial charge in [-0.2, -0.15) is 0 Å². The lowest BCUT2D eigenvalue weighted by atomic mass is 9.95. The minimum Gasteiger partial charge on any atom is -0.494 e. The van der Waals surface area contributed by atoms with E-state index in [0.29, 0.717) is 17.1 Å². The van der Waals surface area contributed by atoms with E-state index in [1.54, 1.807) is 6.07 Å². The average molecular weight is 321 g/mol. The van der Waals surface area contributed by atoms with Gasteiger partial charge in [0.2, 0.25) is 0 Å². The molecule has 0 saturated carbocycles. The molecule has 2 aromatic rings. The van der Waals surface area contributed by atoms with E-state index in [4.69, 9.17) is 9.47 Å². The van der Waals surface area contributed by atoms with E-state index < -0.39 is 5.82 Å². The van der Waals surface area contributed by atoms with Crippen LogP contribution in [0.2, 0.25) is 0 Å². The maximum Gasteiger partial charge on any atom is 0.165 e. The van der Waals surface area contributed by atoms with E-state index in [9.17, 15) is 4.39 Å². The van der Waals surface area contributed by atoms with Gasteiger partial charge in [0.15, 0.2) is 11.6 Å². The summed E-state index contributed by atoms with van der Waals surface area (Å²) in [6.07, 6.45) is 0. The smallest absolute Gasteiger partial charge is 0.165 e. The van der Waals surface area contributed by atoms with Crippen LogP contribution in [-0.4, -0.2) is 7.11 Å². The summed E-state index contributed by atoms with van der Waals surface area (Å²) in [6, 6.07) is 8.57. The van der Waals surface area contributed by atoms with Crippen LogP contribution >= 0.6 is 15.9 Å². The molecule has 0 N–H and O–H groups in total. The van der Waals surface area contributed by atoms with Gasteiger partial charge in [-0.25, -0.2) is 4.39 Å². The molecule has 4 heteroatoms. The summed E-state index contributed by atoms with van der Waals surface area (Å²) in [5.41, 5.74) is 2.23. The number of hydrogen-bond donors (Lipinski definition) is 0. The Labute approximate surface area is 118 Å². The van der Waals surface area contributed by atoms with Crippen molar-refractivity contribution in [1.82, 2.24) is 0 Å². The first-order valence-electron chi connectivity index (χ1n) is 5.64. The van der Waals surface area contributed by atoms with Crippen molar-refractivity contribution in [3.63, 3.8) is 0 Å². The van der Waals surface area contributed by atoms with Crippen LogP contribution in [0.1, 0.15) is 11.1 Å². The lowest BCUT2D eigenvalue weighted by Gasteiger charge is -2.23. The molecule has 3 rings (SSSR count). The van der Waals surface area contributed by atoms with E-state index >= 15 is 0 Å². The largest absolute Gasteiger partial charge is 0.494 e. The minimum atomic E-state index is -0.426. The third kappa shape index (κ3) is 1.92. The summed E-state index contributed by atoms with van der Waals surface area (Å²) in [5, 5.41) is 0. The SMILES string of the molecule is C=C1c2cc(Br)ccc2Oc2cc(OC)c(F)cc21. The van der Waals surface area contributed by atoms with Crippen LogP contribution in [-0.2, 0) is 0 Å². The van der Waals surface area contributed by atoms with E-state index in [2.05, 4.69) is 22.5 Å². The zero-order chi connectivity index (χ0) is 13.6. The second-order valence-corrected chi connectivity index (χ2v) is 5.12. The summed E-state index contributed by atoms with van der Waals surface area (Å²) >= 11 is 3.40. The molecule has 1 aliphatic rings. The fourth-order valence-electron chi connectivity index (χ4n) is 2.10. The predicted molar refractivity (Wildman–Crippen MR) is 75.3 cm³/mol. The second-order valence-electron chi connectivity index (χ2n) is 4.20. The molecule has 2 nitrogen and oxygen atoms in total. The first kappa shape index (κ1) is 12.2. The van der Waals surface area contributed by atoms with Crippen LogP contribution in [0.15, 0.2) is 41.4 Å². The van der Waals surface area contributed by atoms with Gasteiger partial charge in [0, 0.05) is 21.7 Å². The van der Waals surface area contributed by atoms with Gasteiger partial charge in [-0.3, -0.25) is 0 Å². The van der Waals surface area contributed by atoms with Gasteiger partial charge in [0.1, 0.15) is 11.5 Å². The summed E-state index contributed by atoms with van der Waals surface area (Å²) in [4.78, 5) is 0. The van der Waals surface area contributed by atoms with Gasteiger partial charge in [-0.1, -0.05) is 22.5 Å². The van der Waals surface area contributed by atoms with Crippen molar-refractivity contribution in [3.05, 3.63) is 58.3 Å². The number of halogens is 2. The number of methoxy groups -OCH3 is 1. The Morgan fingerprint density at radius 2 is 1.89 bits per heavy atom. The third-order valence-corrected chi connectivity index (χ3v) is 3.56. The van der Waals surface area contributed by atoms with Crippen molar-refractivity contribution >= 4 is 21.5 Å². The lowest BCUT2D eigenvalue weighted by molar-refractivity contribution is 0.380. The van der Waals surface area contributed by atoms with E-state index in [1.165, 1.54) is 13.2 Å². The Morgan fingerprint density at radius 3 is 2.63 bits per heavy atom. The molecule has 0 amide bonds. The highest BCUT2D eigenvalue weighted by Gasteiger charge is 2.23. The van der Waals surface area contributed by atoms with Crippen molar-refractivity contribution in [1.29, 1.82) is 0 Å². The maximum absolute atomic E-state index is 13.8. The average Bonchev–Trinajstić information content (AvgIpc) is 2.40. The molecule has 1 aliphatic heterocycles. The number of rotatable bonds is 1. The van der Waals surface area contributed by atoms with Crippen molar-refractivity contribution in [2.45, 2.75) is 0 Å². The molecule has 2 aromatic carbocycles. The number of hydrogen-bond acceptors (Lipinski definition) is 2. The predicted octanol–water partition coefficient (Wildman–Crippen LogP) is 4.76. The molecule has 0 saturated heterocycles. The van der Waals surface area contributed by atoms with Gasteiger partial charge in [0.05, 0.1) is 7.11 Å². The quantitative estimate of drug-likeness (QED) is 0.643. The zero-order valence-electron chi connectivity index (χ0n) is 10.2. The second kappa shape index (κ2) is 4.38. The summed E-state index contributed by atoms with van der Waals surface area (Å²) < 4.78 is 25.4. The molecule has 0 fully saturated rings. The van der Waals surface area contributed by atoms with Gasteiger partial charge in [-0.05, 0) is 29.8 Å². The third-order valence-electron chi connectivity index (χ3n) is 3.07. The maximum atomic E-state index is 13.8. The van der Waals surface area contributed by atoms with Crippen molar-refractivity contribution in [3.8, 4) is 17.2 Å². The Kier molecular flexibility index (Phi) is 2.82. The summed E-state index contributed by atoms with van der Waals surface area (Å²) in [6.45, 7) is 4.03. The first-order valence-corrected chi connectivity index (χ1v) is 6.44. The Hall–Kier alpha value is -1.81. The molecule has 0 bridgehead atoms. The topological polar surface area (TPSA) is 18.5 Å². The first-order chi connectivity index (χ1) is 9.10. The fourth-order valence-corrected chi connectivity index (χ4v) is 2.46. The van der Waals surface area contributed by atoms with E-state index in [1.807, 2.05) is 18.2 Å². The van der Waals surface area contributed by atoms with Crippen LogP contribution in [0, 0.1) is 5.82 Å².